The van der Waals surface area contributed by atoms with E-state index in [2.05, 4.69) is 16.7 Å². The first kappa shape index (κ1) is 21.4. The molecule has 7 nitrogen and oxygen atoms in total. The smallest absolute Gasteiger partial charge is 0.262 e. The van der Waals surface area contributed by atoms with Gasteiger partial charge in [0.1, 0.15) is 5.75 Å². The minimum Gasteiger partial charge on any atom is -0.482 e. The summed E-state index contributed by atoms with van der Waals surface area (Å²) in [5, 5.41) is 4.79. The first-order valence-corrected chi connectivity index (χ1v) is 12.0. The lowest BCUT2D eigenvalue weighted by Crippen LogP contribution is -2.34. The Morgan fingerprint density at radius 1 is 1.29 bits per heavy atom. The van der Waals surface area contributed by atoms with E-state index in [0.717, 1.165) is 24.8 Å². The van der Waals surface area contributed by atoms with Crippen LogP contribution in [0.5, 0.6) is 5.75 Å². The van der Waals surface area contributed by atoms with Gasteiger partial charge in [-0.05, 0) is 55.9 Å². The van der Waals surface area contributed by atoms with E-state index < -0.39 is 15.1 Å². The Morgan fingerprint density at radius 3 is 2.87 bits per heavy atom. The van der Waals surface area contributed by atoms with Crippen molar-refractivity contribution in [2.24, 2.45) is 0 Å². The molecule has 0 aromatic heterocycles. The standard InChI is InChI=1S/C23H26N2O5S/c1-14-10-19-20(30-13-23(27)25-19)12-21(14)31(28,29)15(2)11-22(26)24-18-9-5-7-16-6-3-4-8-17(16)18/h3-4,6,8,10,12,15,18H,5,7,9,11,13H2,1-2H3,(H,24,26)(H,25,27)/t15-,18-/m0/s1. The highest BCUT2D eigenvalue weighted by molar-refractivity contribution is 7.92. The van der Waals surface area contributed by atoms with Crippen LogP contribution in [0.2, 0.25) is 0 Å². The van der Waals surface area contributed by atoms with Gasteiger partial charge in [0.2, 0.25) is 5.91 Å². The summed E-state index contributed by atoms with van der Waals surface area (Å²) < 4.78 is 31.8. The van der Waals surface area contributed by atoms with E-state index >= 15 is 0 Å². The Hall–Kier alpha value is -2.87. The van der Waals surface area contributed by atoms with E-state index in [0.29, 0.717) is 17.0 Å². The number of aryl methyl sites for hydroxylation is 2. The molecule has 0 unspecified atom stereocenters. The Balaban J connectivity index is 1.49. The summed E-state index contributed by atoms with van der Waals surface area (Å²) in [6, 6.07) is 11.0. The average Bonchev–Trinajstić information content (AvgIpc) is 2.73. The van der Waals surface area contributed by atoms with E-state index in [-0.39, 0.29) is 35.8 Å². The number of sulfone groups is 1. The molecule has 4 rings (SSSR count). The van der Waals surface area contributed by atoms with Crippen molar-refractivity contribution < 1.29 is 22.7 Å². The third kappa shape index (κ3) is 4.30. The molecule has 2 aromatic carbocycles. The second-order valence-electron chi connectivity index (χ2n) is 8.22. The minimum absolute atomic E-state index is 0.0881. The van der Waals surface area contributed by atoms with Crippen LogP contribution in [-0.2, 0) is 25.8 Å². The number of anilines is 1. The molecule has 0 radical (unpaired) electrons. The van der Waals surface area contributed by atoms with E-state index in [1.807, 2.05) is 18.2 Å². The maximum Gasteiger partial charge on any atom is 0.262 e. The van der Waals surface area contributed by atoms with Crippen LogP contribution in [0.1, 0.15) is 48.9 Å². The van der Waals surface area contributed by atoms with Gasteiger partial charge in [0, 0.05) is 12.5 Å². The zero-order valence-electron chi connectivity index (χ0n) is 17.6. The number of benzene rings is 2. The lowest BCUT2D eigenvalue weighted by molar-refractivity contribution is -0.122. The van der Waals surface area contributed by atoms with Crippen LogP contribution >= 0.6 is 0 Å². The third-order valence-corrected chi connectivity index (χ3v) is 8.20. The van der Waals surface area contributed by atoms with Gasteiger partial charge in [-0.25, -0.2) is 8.42 Å². The predicted octanol–water partition coefficient (Wildman–Crippen LogP) is 3.07. The number of amides is 2. The van der Waals surface area contributed by atoms with Crippen molar-refractivity contribution in [2.45, 2.75) is 55.7 Å². The summed E-state index contributed by atoms with van der Waals surface area (Å²) in [6.45, 7) is 3.06. The number of carbonyl (C=O) groups excluding carboxylic acids is 2. The first-order valence-electron chi connectivity index (χ1n) is 10.4. The van der Waals surface area contributed by atoms with E-state index in [1.165, 1.54) is 11.6 Å². The van der Waals surface area contributed by atoms with E-state index in [1.54, 1.807) is 19.9 Å². The summed E-state index contributed by atoms with van der Waals surface area (Å²) in [4.78, 5) is 24.3. The van der Waals surface area contributed by atoms with Crippen LogP contribution in [0.15, 0.2) is 41.3 Å². The summed E-state index contributed by atoms with van der Waals surface area (Å²) in [6.07, 6.45) is 2.69. The van der Waals surface area contributed by atoms with Gasteiger partial charge in [-0.1, -0.05) is 24.3 Å². The summed E-state index contributed by atoms with van der Waals surface area (Å²) in [7, 11) is -3.77. The molecule has 0 saturated carbocycles. The zero-order valence-corrected chi connectivity index (χ0v) is 18.4. The van der Waals surface area contributed by atoms with Crippen LogP contribution in [-0.4, -0.2) is 32.1 Å². The van der Waals surface area contributed by atoms with Gasteiger partial charge >= 0.3 is 0 Å². The second kappa shape index (κ2) is 8.34. The highest BCUT2D eigenvalue weighted by Gasteiger charge is 2.30. The lowest BCUT2D eigenvalue weighted by atomic mass is 9.87. The Bertz CT molecular complexity index is 1140. The fraction of sp³-hybridized carbons (Fsp3) is 0.391. The molecule has 0 bridgehead atoms. The molecule has 2 aromatic rings. The summed E-state index contributed by atoms with van der Waals surface area (Å²) in [5.74, 6) is -0.243. The van der Waals surface area contributed by atoms with Crippen molar-refractivity contribution in [2.75, 3.05) is 11.9 Å². The van der Waals surface area contributed by atoms with E-state index in [9.17, 15) is 18.0 Å². The highest BCUT2D eigenvalue weighted by Crippen LogP contribution is 2.35. The zero-order chi connectivity index (χ0) is 22.2. The van der Waals surface area contributed by atoms with Crippen LogP contribution in [0.4, 0.5) is 5.69 Å². The van der Waals surface area contributed by atoms with Gasteiger partial charge in [0.15, 0.2) is 16.4 Å². The number of rotatable bonds is 5. The van der Waals surface area contributed by atoms with Gasteiger partial charge in [-0.3, -0.25) is 9.59 Å². The Kier molecular flexibility index (Phi) is 5.75. The maximum atomic E-state index is 13.2. The maximum absolute atomic E-state index is 13.2. The van der Waals surface area contributed by atoms with Gasteiger partial charge < -0.3 is 15.4 Å². The molecule has 0 saturated heterocycles. The third-order valence-electron chi connectivity index (χ3n) is 5.92. The van der Waals surface area contributed by atoms with Gasteiger partial charge in [0.05, 0.1) is 21.9 Å². The fourth-order valence-corrected chi connectivity index (χ4v) is 5.85. The number of hydrogen-bond donors (Lipinski definition) is 2. The van der Waals surface area contributed by atoms with E-state index in [4.69, 9.17) is 4.74 Å². The molecule has 8 heteroatoms. The number of fused-ring (bicyclic) bond motifs is 2. The van der Waals surface area contributed by atoms with Crippen molar-refractivity contribution in [3.63, 3.8) is 0 Å². The van der Waals surface area contributed by atoms with Crippen LogP contribution in [0.25, 0.3) is 0 Å². The molecule has 1 heterocycles. The first-order chi connectivity index (χ1) is 14.8. The number of hydrogen-bond acceptors (Lipinski definition) is 5. The highest BCUT2D eigenvalue weighted by atomic mass is 32.2. The molecule has 31 heavy (non-hydrogen) atoms. The molecule has 1 aliphatic carbocycles. The molecule has 0 spiro atoms. The minimum atomic E-state index is -3.77. The van der Waals surface area contributed by atoms with Crippen LogP contribution in [0.3, 0.4) is 0 Å². The second-order valence-corrected chi connectivity index (χ2v) is 10.6. The molecular weight excluding hydrogens is 416 g/mol. The van der Waals surface area contributed by atoms with Crippen molar-refractivity contribution in [1.82, 2.24) is 5.32 Å². The predicted molar refractivity (Wildman–Crippen MR) is 117 cm³/mol. The topological polar surface area (TPSA) is 102 Å². The molecule has 164 valence electrons. The van der Waals surface area contributed by atoms with Gasteiger partial charge in [-0.2, -0.15) is 0 Å². The van der Waals surface area contributed by atoms with Gasteiger partial charge in [-0.15, -0.1) is 0 Å². The number of carbonyl (C=O) groups is 2. The summed E-state index contributed by atoms with van der Waals surface area (Å²) >= 11 is 0. The molecule has 2 aliphatic rings. The van der Waals surface area contributed by atoms with Crippen LogP contribution < -0.4 is 15.4 Å². The van der Waals surface area contributed by atoms with Crippen LogP contribution in [0, 0.1) is 6.92 Å². The Labute approximate surface area is 182 Å². The van der Waals surface area contributed by atoms with Crippen molar-refractivity contribution in [1.29, 1.82) is 0 Å². The molecular formula is C23H26N2O5S. The Morgan fingerprint density at radius 2 is 2.06 bits per heavy atom. The van der Waals surface area contributed by atoms with Crippen molar-refractivity contribution in [3.05, 3.63) is 53.1 Å². The van der Waals surface area contributed by atoms with Crippen molar-refractivity contribution >= 4 is 27.3 Å². The normalized spacial score (nSPS) is 18.8. The lowest BCUT2D eigenvalue weighted by Gasteiger charge is -2.27. The fourth-order valence-electron chi connectivity index (χ4n) is 4.27. The molecule has 2 atom stereocenters. The van der Waals surface area contributed by atoms with Gasteiger partial charge in [0.25, 0.3) is 5.91 Å². The average molecular weight is 443 g/mol. The number of ether oxygens (including phenoxy) is 1. The SMILES string of the molecule is Cc1cc2c(cc1S(=O)(=O)[C@@H](C)CC(=O)N[C@H]1CCCc3ccccc31)OCC(=O)N2. The molecule has 2 amide bonds. The number of nitrogens with one attached hydrogen (secondary N) is 2. The summed E-state index contributed by atoms with van der Waals surface area (Å²) in [5.41, 5.74) is 3.30. The van der Waals surface area contributed by atoms with Crippen molar-refractivity contribution in [3.8, 4) is 5.75 Å². The quantitative estimate of drug-likeness (QED) is 0.741. The molecule has 0 fully saturated rings. The molecule has 2 N–H and O–H groups in total. The monoisotopic (exact) mass is 442 g/mol. The largest absolute Gasteiger partial charge is 0.482 e. The molecule has 1 aliphatic heterocycles.